The molecular weight excluding hydrogens is 415 g/mol. The van der Waals surface area contributed by atoms with Crippen LogP contribution in [0.5, 0.6) is 0 Å². The molecule has 0 atom stereocenters. The lowest BCUT2D eigenvalue weighted by molar-refractivity contribution is -0.123. The monoisotopic (exact) mass is 438 g/mol. The van der Waals surface area contributed by atoms with Crippen LogP contribution in [0, 0.1) is 5.82 Å². The van der Waals surface area contributed by atoms with Crippen LogP contribution in [-0.2, 0) is 17.9 Å². The van der Waals surface area contributed by atoms with Crippen LogP contribution in [0.15, 0.2) is 36.5 Å². The van der Waals surface area contributed by atoms with Crippen molar-refractivity contribution >= 4 is 23.7 Å². The maximum absolute atomic E-state index is 14.0. The zero-order valence-electron chi connectivity index (χ0n) is 17.5. The third-order valence-electron chi connectivity index (χ3n) is 6.09. The first-order chi connectivity index (χ1) is 15.5. The van der Waals surface area contributed by atoms with Gasteiger partial charge >= 0.3 is 6.03 Å². The fraction of sp³-hybridized carbons (Fsp3) is 0.364. The van der Waals surface area contributed by atoms with Crippen molar-refractivity contribution in [3.63, 3.8) is 0 Å². The second kappa shape index (κ2) is 8.19. The van der Waals surface area contributed by atoms with Crippen molar-refractivity contribution in [1.29, 1.82) is 0 Å². The van der Waals surface area contributed by atoms with Crippen molar-refractivity contribution in [2.75, 3.05) is 37.6 Å². The van der Waals surface area contributed by atoms with Crippen molar-refractivity contribution in [2.45, 2.75) is 19.5 Å². The van der Waals surface area contributed by atoms with Gasteiger partial charge in [-0.1, -0.05) is 12.1 Å². The minimum absolute atomic E-state index is 0.172. The first-order valence-corrected chi connectivity index (χ1v) is 10.6. The molecule has 1 aromatic carbocycles. The van der Waals surface area contributed by atoms with Crippen LogP contribution in [-0.4, -0.2) is 70.5 Å². The number of piperazine rings is 1. The van der Waals surface area contributed by atoms with Gasteiger partial charge in [-0.3, -0.25) is 19.8 Å². The van der Waals surface area contributed by atoms with E-state index in [2.05, 4.69) is 15.2 Å². The number of anilines is 1. The van der Waals surface area contributed by atoms with Crippen LogP contribution in [0.2, 0.25) is 0 Å². The molecule has 0 radical (unpaired) electrons. The van der Waals surface area contributed by atoms with Crippen LogP contribution in [0.1, 0.15) is 27.9 Å². The third-order valence-corrected chi connectivity index (χ3v) is 6.09. The van der Waals surface area contributed by atoms with E-state index in [0.29, 0.717) is 31.0 Å². The molecule has 3 aliphatic heterocycles. The van der Waals surface area contributed by atoms with Crippen molar-refractivity contribution in [1.82, 2.24) is 25.2 Å². The smallest absolute Gasteiger partial charge is 0.342 e. The average molecular weight is 438 g/mol. The number of aromatic nitrogens is 1. The number of fused-ring (bicyclic) bond motifs is 1. The molecule has 5 rings (SSSR count). The average Bonchev–Trinajstić information content (AvgIpc) is 3.10. The second-order valence-electron chi connectivity index (χ2n) is 8.15. The van der Waals surface area contributed by atoms with E-state index in [1.165, 1.54) is 16.1 Å². The molecule has 1 N–H and O–H groups in total. The largest absolute Gasteiger partial charge is 0.352 e. The summed E-state index contributed by atoms with van der Waals surface area (Å²) in [5, 5.41) is 4.96. The Morgan fingerprint density at radius 3 is 2.56 bits per heavy atom. The Balaban J connectivity index is 1.22. The number of rotatable bonds is 4. The predicted octanol–water partition coefficient (Wildman–Crippen LogP) is 1.36. The van der Waals surface area contributed by atoms with E-state index >= 15 is 0 Å². The summed E-state index contributed by atoms with van der Waals surface area (Å²) in [6.45, 7) is 4.15. The van der Waals surface area contributed by atoms with E-state index in [-0.39, 0.29) is 30.6 Å². The highest BCUT2D eigenvalue weighted by atomic mass is 19.1. The highest BCUT2D eigenvalue weighted by Crippen LogP contribution is 2.27. The summed E-state index contributed by atoms with van der Waals surface area (Å²) < 4.78 is 14.0. The van der Waals surface area contributed by atoms with Gasteiger partial charge in [0.1, 0.15) is 0 Å². The normalized spacial score (nSPS) is 19.4. The fourth-order valence-corrected chi connectivity index (χ4v) is 4.42. The van der Waals surface area contributed by atoms with Crippen molar-refractivity contribution in [3.05, 3.63) is 59.0 Å². The molecule has 10 heteroatoms. The summed E-state index contributed by atoms with van der Waals surface area (Å²) in [4.78, 5) is 44.7. The molecule has 4 heterocycles. The molecule has 2 fully saturated rings. The fourth-order valence-electron chi connectivity index (χ4n) is 4.42. The van der Waals surface area contributed by atoms with Crippen LogP contribution in [0.4, 0.5) is 15.0 Å². The highest BCUT2D eigenvalue weighted by Gasteiger charge is 2.37. The third kappa shape index (κ3) is 3.77. The number of nitrogens with zero attached hydrogens (tertiary/aromatic N) is 5. The molecule has 32 heavy (non-hydrogen) atoms. The van der Waals surface area contributed by atoms with Gasteiger partial charge in [-0.05, 0) is 29.3 Å². The van der Waals surface area contributed by atoms with Gasteiger partial charge in [0.2, 0.25) is 5.91 Å². The van der Waals surface area contributed by atoms with E-state index in [1.54, 1.807) is 18.3 Å². The summed E-state index contributed by atoms with van der Waals surface area (Å²) in [5.74, 6) is -0.474. The number of imide groups is 1. The van der Waals surface area contributed by atoms with Gasteiger partial charge in [-0.2, -0.15) is 0 Å². The topological polar surface area (TPSA) is 89.1 Å². The number of halogens is 1. The van der Waals surface area contributed by atoms with Crippen LogP contribution in [0.25, 0.3) is 0 Å². The molecule has 0 bridgehead atoms. The number of hydrazine groups is 1. The Bertz CT molecular complexity index is 1090. The number of hydrogen-bond acceptors (Lipinski definition) is 6. The molecule has 0 saturated carbocycles. The number of carbonyl (C=O) groups excluding carboxylic acids is 3. The highest BCUT2D eigenvalue weighted by molar-refractivity contribution is 6.01. The Labute approximate surface area is 184 Å². The number of pyridine rings is 1. The van der Waals surface area contributed by atoms with Crippen molar-refractivity contribution in [3.8, 4) is 0 Å². The minimum atomic E-state index is -0.565. The van der Waals surface area contributed by atoms with Gasteiger partial charge in [0.25, 0.3) is 5.91 Å². The molecule has 2 saturated heterocycles. The summed E-state index contributed by atoms with van der Waals surface area (Å²) in [7, 11) is 0. The summed E-state index contributed by atoms with van der Waals surface area (Å²) in [6, 6.07) is 8.20. The predicted molar refractivity (Wildman–Crippen MR) is 113 cm³/mol. The Kier molecular flexibility index (Phi) is 5.22. The maximum atomic E-state index is 14.0. The van der Waals surface area contributed by atoms with E-state index in [1.807, 2.05) is 17.0 Å². The molecule has 2 aromatic rings. The summed E-state index contributed by atoms with van der Waals surface area (Å²) in [6.07, 6.45) is 1.77. The number of nitrogens with one attached hydrogen (secondary N) is 1. The molecule has 0 aliphatic carbocycles. The number of benzene rings is 1. The Hall–Kier alpha value is -3.53. The molecule has 9 nitrogen and oxygen atoms in total. The van der Waals surface area contributed by atoms with Gasteiger partial charge in [0.05, 0.1) is 13.1 Å². The number of urea groups is 1. The summed E-state index contributed by atoms with van der Waals surface area (Å²) >= 11 is 0. The van der Waals surface area contributed by atoms with Gasteiger partial charge < -0.3 is 4.90 Å². The van der Waals surface area contributed by atoms with Gasteiger partial charge in [-0.15, -0.1) is 0 Å². The zero-order valence-corrected chi connectivity index (χ0v) is 17.5. The molecular formula is C22H23FN6O3. The number of carbonyl (C=O) groups is 3. The molecule has 166 valence electrons. The van der Waals surface area contributed by atoms with Crippen molar-refractivity contribution < 1.29 is 18.8 Å². The molecule has 0 spiro atoms. The molecule has 3 aliphatic rings. The first kappa shape index (κ1) is 20.4. The Morgan fingerprint density at radius 2 is 1.81 bits per heavy atom. The quantitative estimate of drug-likeness (QED) is 0.776. The van der Waals surface area contributed by atoms with Crippen LogP contribution in [0.3, 0.4) is 0 Å². The first-order valence-electron chi connectivity index (χ1n) is 10.6. The Morgan fingerprint density at radius 1 is 1.00 bits per heavy atom. The summed E-state index contributed by atoms with van der Waals surface area (Å²) in [5.41, 5.74) is 2.52. The van der Waals surface area contributed by atoms with E-state index < -0.39 is 6.03 Å². The lowest BCUT2D eigenvalue weighted by Gasteiger charge is -2.35. The number of amides is 4. The van der Waals surface area contributed by atoms with E-state index in [0.717, 1.165) is 30.8 Å². The van der Waals surface area contributed by atoms with Crippen LogP contribution >= 0.6 is 0 Å². The van der Waals surface area contributed by atoms with E-state index in [4.69, 9.17) is 0 Å². The minimum Gasteiger partial charge on any atom is -0.352 e. The molecule has 4 amide bonds. The molecule has 0 unspecified atom stereocenters. The van der Waals surface area contributed by atoms with Crippen molar-refractivity contribution in [2.24, 2.45) is 0 Å². The maximum Gasteiger partial charge on any atom is 0.342 e. The second-order valence-corrected chi connectivity index (χ2v) is 8.15. The van der Waals surface area contributed by atoms with E-state index in [9.17, 15) is 18.8 Å². The SMILES string of the molecule is O=C1CCN(N2Cc3cc(CN4CCN(c5ncccc5F)CC4)ccc3C2=O)C(=O)N1. The lowest BCUT2D eigenvalue weighted by Crippen LogP contribution is -2.56. The van der Waals surface area contributed by atoms with Crippen LogP contribution < -0.4 is 10.2 Å². The zero-order chi connectivity index (χ0) is 22.2. The van der Waals surface area contributed by atoms with Gasteiger partial charge in [0.15, 0.2) is 11.6 Å². The van der Waals surface area contributed by atoms with Gasteiger partial charge in [-0.25, -0.2) is 24.2 Å². The van der Waals surface area contributed by atoms with Gasteiger partial charge in [0, 0.05) is 50.9 Å². The lowest BCUT2D eigenvalue weighted by atomic mass is 10.1. The number of hydrogen-bond donors (Lipinski definition) is 1. The standard InChI is InChI=1S/C22H23FN6O3/c23-18-2-1-6-24-20(18)27-10-8-26(9-11-27)13-15-3-4-17-16(12-15)14-29(21(17)31)28-7-5-19(30)25-22(28)32/h1-4,6,12H,5,7-11,13-14H2,(H,25,30,32). The molecule has 1 aromatic heterocycles.